The summed E-state index contributed by atoms with van der Waals surface area (Å²) in [5, 5.41) is 3.33. The zero-order valence-corrected chi connectivity index (χ0v) is 13.8. The van der Waals surface area contributed by atoms with Crippen LogP contribution in [0, 0.1) is 11.8 Å². The molecule has 0 aromatic heterocycles. The van der Waals surface area contributed by atoms with Gasteiger partial charge >= 0.3 is 0 Å². The molecule has 2 rings (SSSR count). The summed E-state index contributed by atoms with van der Waals surface area (Å²) in [4.78, 5) is 14.4. The van der Waals surface area contributed by atoms with Crippen LogP contribution in [0.15, 0.2) is 0 Å². The third-order valence-electron chi connectivity index (χ3n) is 5.02. The summed E-state index contributed by atoms with van der Waals surface area (Å²) in [7, 11) is 0. The number of piperidine rings is 1. The van der Waals surface area contributed by atoms with E-state index in [0.717, 1.165) is 57.3 Å². The first-order valence-electron chi connectivity index (χ1n) is 8.77. The Morgan fingerprint density at radius 1 is 1.19 bits per heavy atom. The SMILES string of the molecule is CC(C)C1CCCN(C(=O)CCOC2CCNCC2)CC1. The van der Waals surface area contributed by atoms with Crippen LogP contribution in [0.3, 0.4) is 0 Å². The molecule has 1 atom stereocenters. The second kappa shape index (κ2) is 8.74. The first-order valence-corrected chi connectivity index (χ1v) is 8.77. The summed E-state index contributed by atoms with van der Waals surface area (Å²) in [6.07, 6.45) is 6.65. The molecular weight excluding hydrogens is 264 g/mol. The normalized spacial score (nSPS) is 25.1. The molecule has 0 aromatic carbocycles. The summed E-state index contributed by atoms with van der Waals surface area (Å²) in [5.41, 5.74) is 0. The van der Waals surface area contributed by atoms with Crippen molar-refractivity contribution in [2.24, 2.45) is 11.8 Å². The molecule has 0 spiro atoms. The van der Waals surface area contributed by atoms with Crippen molar-refractivity contribution in [2.45, 2.75) is 58.5 Å². The van der Waals surface area contributed by atoms with Crippen molar-refractivity contribution in [2.75, 3.05) is 32.8 Å². The molecule has 0 bridgehead atoms. The van der Waals surface area contributed by atoms with Crippen molar-refractivity contribution in [3.8, 4) is 0 Å². The molecule has 1 amide bonds. The number of carbonyl (C=O) groups is 1. The zero-order chi connectivity index (χ0) is 15.1. The number of nitrogens with one attached hydrogen (secondary N) is 1. The van der Waals surface area contributed by atoms with Crippen molar-refractivity contribution in [3.05, 3.63) is 0 Å². The molecule has 4 nitrogen and oxygen atoms in total. The van der Waals surface area contributed by atoms with E-state index < -0.39 is 0 Å². The number of carbonyl (C=O) groups excluding carboxylic acids is 1. The second-order valence-electron chi connectivity index (χ2n) is 6.89. The Labute approximate surface area is 129 Å². The van der Waals surface area contributed by atoms with Crippen LogP contribution < -0.4 is 5.32 Å². The first kappa shape index (κ1) is 16.8. The van der Waals surface area contributed by atoms with Crippen LogP contribution in [0.1, 0.15) is 52.4 Å². The molecule has 0 saturated carbocycles. The van der Waals surface area contributed by atoms with Gasteiger partial charge in [-0.25, -0.2) is 0 Å². The van der Waals surface area contributed by atoms with Gasteiger partial charge in [0, 0.05) is 13.1 Å². The van der Waals surface area contributed by atoms with E-state index in [1.165, 1.54) is 12.8 Å². The molecule has 2 saturated heterocycles. The molecule has 2 fully saturated rings. The number of hydrogen-bond donors (Lipinski definition) is 1. The van der Waals surface area contributed by atoms with E-state index in [4.69, 9.17) is 4.74 Å². The average molecular weight is 296 g/mol. The van der Waals surface area contributed by atoms with Gasteiger partial charge in [0.1, 0.15) is 0 Å². The largest absolute Gasteiger partial charge is 0.378 e. The molecule has 122 valence electrons. The van der Waals surface area contributed by atoms with Crippen molar-refractivity contribution < 1.29 is 9.53 Å². The van der Waals surface area contributed by atoms with Crippen LogP contribution in [-0.2, 0) is 9.53 Å². The zero-order valence-electron chi connectivity index (χ0n) is 13.8. The highest BCUT2D eigenvalue weighted by molar-refractivity contribution is 5.76. The maximum absolute atomic E-state index is 12.3. The number of rotatable bonds is 5. The molecule has 1 unspecified atom stereocenters. The van der Waals surface area contributed by atoms with Crippen LogP contribution in [0.5, 0.6) is 0 Å². The van der Waals surface area contributed by atoms with E-state index >= 15 is 0 Å². The fourth-order valence-electron chi connectivity index (χ4n) is 3.47. The maximum atomic E-state index is 12.3. The van der Waals surface area contributed by atoms with E-state index in [9.17, 15) is 4.79 Å². The Morgan fingerprint density at radius 2 is 1.95 bits per heavy atom. The summed E-state index contributed by atoms with van der Waals surface area (Å²) in [6, 6.07) is 0. The summed E-state index contributed by atoms with van der Waals surface area (Å²) in [5.74, 6) is 1.81. The molecule has 2 aliphatic heterocycles. The molecule has 4 heteroatoms. The fourth-order valence-corrected chi connectivity index (χ4v) is 3.47. The minimum atomic E-state index is 0.286. The van der Waals surface area contributed by atoms with Crippen LogP contribution in [0.4, 0.5) is 0 Å². The number of hydrogen-bond acceptors (Lipinski definition) is 3. The minimum absolute atomic E-state index is 0.286. The Bertz CT molecular complexity index is 314. The van der Waals surface area contributed by atoms with Gasteiger partial charge in [-0.05, 0) is 57.0 Å². The van der Waals surface area contributed by atoms with Crippen molar-refractivity contribution >= 4 is 5.91 Å². The van der Waals surface area contributed by atoms with Gasteiger partial charge in [-0.1, -0.05) is 13.8 Å². The van der Waals surface area contributed by atoms with Crippen molar-refractivity contribution in [3.63, 3.8) is 0 Å². The highest BCUT2D eigenvalue weighted by Gasteiger charge is 2.22. The smallest absolute Gasteiger partial charge is 0.224 e. The van der Waals surface area contributed by atoms with Gasteiger partial charge in [-0.3, -0.25) is 4.79 Å². The molecule has 2 aliphatic rings. The standard InChI is InChI=1S/C17H32N2O2/c1-14(2)15-4-3-11-19(12-7-15)17(20)8-13-21-16-5-9-18-10-6-16/h14-16,18H,3-13H2,1-2H3. The third kappa shape index (κ3) is 5.59. The first-order chi connectivity index (χ1) is 10.2. The Kier molecular flexibility index (Phi) is 6.97. The van der Waals surface area contributed by atoms with Gasteiger partial charge in [0.2, 0.25) is 5.91 Å². The van der Waals surface area contributed by atoms with E-state index in [1.54, 1.807) is 0 Å². The van der Waals surface area contributed by atoms with Crippen LogP contribution >= 0.6 is 0 Å². The van der Waals surface area contributed by atoms with Gasteiger partial charge in [-0.15, -0.1) is 0 Å². The van der Waals surface area contributed by atoms with E-state index in [1.807, 2.05) is 0 Å². The molecule has 0 radical (unpaired) electrons. The molecule has 0 aromatic rings. The van der Waals surface area contributed by atoms with Gasteiger partial charge in [-0.2, -0.15) is 0 Å². The number of ether oxygens (including phenoxy) is 1. The van der Waals surface area contributed by atoms with Gasteiger partial charge in [0.25, 0.3) is 0 Å². The van der Waals surface area contributed by atoms with Crippen molar-refractivity contribution in [1.82, 2.24) is 10.2 Å². The Hall–Kier alpha value is -0.610. The van der Waals surface area contributed by atoms with Crippen LogP contribution in [0.2, 0.25) is 0 Å². The van der Waals surface area contributed by atoms with Crippen LogP contribution in [-0.4, -0.2) is 49.7 Å². The van der Waals surface area contributed by atoms with Crippen molar-refractivity contribution in [1.29, 1.82) is 0 Å². The summed E-state index contributed by atoms with van der Waals surface area (Å²) < 4.78 is 5.85. The predicted molar refractivity (Wildman–Crippen MR) is 85.2 cm³/mol. The van der Waals surface area contributed by atoms with E-state index in [0.29, 0.717) is 19.1 Å². The van der Waals surface area contributed by atoms with Crippen LogP contribution in [0.25, 0.3) is 0 Å². The number of nitrogens with zero attached hydrogens (tertiary/aromatic N) is 1. The molecule has 0 aliphatic carbocycles. The highest BCUT2D eigenvalue weighted by Crippen LogP contribution is 2.24. The molecular formula is C17H32N2O2. The molecule has 21 heavy (non-hydrogen) atoms. The quantitative estimate of drug-likeness (QED) is 0.847. The lowest BCUT2D eigenvalue weighted by Crippen LogP contribution is -2.35. The lowest BCUT2D eigenvalue weighted by Gasteiger charge is -2.24. The molecule has 2 heterocycles. The van der Waals surface area contributed by atoms with E-state index in [2.05, 4.69) is 24.1 Å². The minimum Gasteiger partial charge on any atom is -0.378 e. The topological polar surface area (TPSA) is 41.6 Å². The third-order valence-corrected chi connectivity index (χ3v) is 5.02. The lowest BCUT2D eigenvalue weighted by atomic mass is 9.89. The fraction of sp³-hybridized carbons (Fsp3) is 0.941. The van der Waals surface area contributed by atoms with Gasteiger partial charge in [0.15, 0.2) is 0 Å². The average Bonchev–Trinajstić information content (AvgIpc) is 2.74. The second-order valence-corrected chi connectivity index (χ2v) is 6.89. The van der Waals surface area contributed by atoms with Gasteiger partial charge in [0.05, 0.1) is 19.1 Å². The van der Waals surface area contributed by atoms with Gasteiger partial charge < -0.3 is 15.0 Å². The van der Waals surface area contributed by atoms with E-state index in [-0.39, 0.29) is 5.91 Å². The summed E-state index contributed by atoms with van der Waals surface area (Å²) in [6.45, 7) is 9.16. The number of amides is 1. The Balaban J connectivity index is 1.65. The summed E-state index contributed by atoms with van der Waals surface area (Å²) >= 11 is 0. The monoisotopic (exact) mass is 296 g/mol. The molecule has 1 N–H and O–H groups in total. The maximum Gasteiger partial charge on any atom is 0.224 e. The lowest BCUT2D eigenvalue weighted by molar-refractivity contribution is -0.132. The number of likely N-dealkylation sites (tertiary alicyclic amines) is 1. The predicted octanol–water partition coefficient (Wildman–Crippen LogP) is 2.43. The highest BCUT2D eigenvalue weighted by atomic mass is 16.5. The Morgan fingerprint density at radius 3 is 2.67 bits per heavy atom.